The number of β-amino-alcohol motifs (C(OH)–C–C–N with tert-alkyl or cyclic N) is 1. The number of aliphatic hydroxyl groups excluding tert-OH is 1. The zero-order chi connectivity index (χ0) is 21.0. The van der Waals surface area contributed by atoms with Crippen molar-refractivity contribution in [1.82, 2.24) is 4.90 Å². The highest BCUT2D eigenvalue weighted by Gasteiger charge is 2.23. The van der Waals surface area contributed by atoms with Gasteiger partial charge in [-0.05, 0) is 36.1 Å². The van der Waals surface area contributed by atoms with Gasteiger partial charge in [0.15, 0.2) is 0 Å². The zero-order valence-electron chi connectivity index (χ0n) is 18.0. The van der Waals surface area contributed by atoms with Crippen molar-refractivity contribution in [3.05, 3.63) is 59.4 Å². The summed E-state index contributed by atoms with van der Waals surface area (Å²) in [6, 6.07) is 13.1. The maximum absolute atomic E-state index is 14.0. The summed E-state index contributed by atoms with van der Waals surface area (Å²) in [6.07, 6.45) is -0.566. The van der Waals surface area contributed by atoms with Crippen molar-refractivity contribution in [3.8, 4) is 5.75 Å². The summed E-state index contributed by atoms with van der Waals surface area (Å²) in [6.45, 7) is 12.5. The first-order valence-corrected chi connectivity index (χ1v) is 10.4. The van der Waals surface area contributed by atoms with Gasteiger partial charge in [-0.25, -0.2) is 4.39 Å². The van der Waals surface area contributed by atoms with Gasteiger partial charge in [-0.15, -0.1) is 0 Å². The molecule has 1 unspecified atom stereocenters. The molecule has 4 nitrogen and oxygen atoms in total. The quantitative estimate of drug-likeness (QED) is 0.795. The number of piperazine rings is 1. The van der Waals surface area contributed by atoms with E-state index in [0.29, 0.717) is 12.2 Å². The number of para-hydroxylation sites is 1. The Morgan fingerprint density at radius 3 is 2.41 bits per heavy atom. The third kappa shape index (κ3) is 5.71. The van der Waals surface area contributed by atoms with Crippen LogP contribution in [0.4, 0.5) is 10.1 Å². The smallest absolute Gasteiger partial charge is 0.146 e. The molecule has 0 aliphatic carbocycles. The van der Waals surface area contributed by atoms with Gasteiger partial charge < -0.3 is 14.7 Å². The number of ether oxygens (including phenoxy) is 1. The lowest BCUT2D eigenvalue weighted by Crippen LogP contribution is -2.49. The lowest BCUT2D eigenvalue weighted by atomic mass is 9.85. The Labute approximate surface area is 173 Å². The lowest BCUT2D eigenvalue weighted by Gasteiger charge is -2.37. The normalized spacial score (nSPS) is 16.7. The van der Waals surface area contributed by atoms with Gasteiger partial charge >= 0.3 is 0 Å². The first-order valence-electron chi connectivity index (χ1n) is 10.4. The summed E-state index contributed by atoms with van der Waals surface area (Å²) >= 11 is 0. The Balaban J connectivity index is 1.50. The van der Waals surface area contributed by atoms with Crippen LogP contribution in [-0.2, 0) is 5.41 Å². The first kappa shape index (κ1) is 21.6. The van der Waals surface area contributed by atoms with Crippen molar-refractivity contribution in [2.75, 3.05) is 44.2 Å². The topological polar surface area (TPSA) is 35.9 Å². The lowest BCUT2D eigenvalue weighted by molar-refractivity contribution is 0.0656. The predicted molar refractivity (Wildman–Crippen MR) is 116 cm³/mol. The van der Waals surface area contributed by atoms with Crippen molar-refractivity contribution >= 4 is 5.69 Å². The number of nitrogens with zero attached hydrogens (tertiary/aromatic N) is 2. The summed E-state index contributed by atoms with van der Waals surface area (Å²) in [4.78, 5) is 4.28. The molecule has 2 aromatic carbocycles. The molecule has 1 saturated heterocycles. The number of aliphatic hydroxyl groups is 1. The third-order valence-electron chi connectivity index (χ3n) is 5.41. The number of aryl methyl sites for hydroxylation is 1. The van der Waals surface area contributed by atoms with E-state index < -0.39 is 6.10 Å². The third-order valence-corrected chi connectivity index (χ3v) is 5.41. The van der Waals surface area contributed by atoms with Gasteiger partial charge in [0.05, 0.1) is 5.69 Å². The Hall–Kier alpha value is -2.11. The molecule has 0 aromatic heterocycles. The second kappa shape index (κ2) is 9.14. The molecule has 29 heavy (non-hydrogen) atoms. The van der Waals surface area contributed by atoms with E-state index in [4.69, 9.17) is 4.74 Å². The van der Waals surface area contributed by atoms with E-state index in [-0.39, 0.29) is 17.8 Å². The van der Waals surface area contributed by atoms with Crippen molar-refractivity contribution < 1.29 is 14.2 Å². The molecule has 0 saturated carbocycles. The molecule has 2 aromatic rings. The SMILES string of the molecule is Cc1ccc(OCC(O)CN2CCN(c3ccccc3F)CC2)c(C(C)(C)C)c1. The molecule has 1 heterocycles. The molecule has 0 spiro atoms. The largest absolute Gasteiger partial charge is 0.491 e. The van der Waals surface area contributed by atoms with Gasteiger partial charge in [0.2, 0.25) is 0 Å². The summed E-state index contributed by atoms with van der Waals surface area (Å²) < 4.78 is 20.0. The van der Waals surface area contributed by atoms with Crippen LogP contribution in [0.5, 0.6) is 5.75 Å². The first-order chi connectivity index (χ1) is 13.7. The van der Waals surface area contributed by atoms with Gasteiger partial charge in [-0.1, -0.05) is 50.6 Å². The number of halogens is 1. The van der Waals surface area contributed by atoms with Crippen molar-refractivity contribution in [2.24, 2.45) is 0 Å². The molecule has 158 valence electrons. The zero-order valence-corrected chi connectivity index (χ0v) is 18.0. The molecule has 1 aliphatic heterocycles. The molecular formula is C24H33FN2O2. The highest BCUT2D eigenvalue weighted by atomic mass is 19.1. The molecule has 1 aliphatic rings. The Morgan fingerprint density at radius 2 is 1.76 bits per heavy atom. The van der Waals surface area contributed by atoms with Gasteiger partial charge in [0.25, 0.3) is 0 Å². The summed E-state index contributed by atoms with van der Waals surface area (Å²) in [5.41, 5.74) is 3.00. The molecule has 0 radical (unpaired) electrons. The minimum atomic E-state index is -0.566. The molecule has 5 heteroatoms. The molecule has 1 fully saturated rings. The van der Waals surface area contributed by atoms with E-state index in [0.717, 1.165) is 37.5 Å². The minimum Gasteiger partial charge on any atom is -0.491 e. The van der Waals surface area contributed by atoms with E-state index in [1.54, 1.807) is 6.07 Å². The second-order valence-electron chi connectivity index (χ2n) is 8.95. The van der Waals surface area contributed by atoms with Gasteiger partial charge in [0, 0.05) is 32.7 Å². The Bertz CT molecular complexity index is 811. The second-order valence-corrected chi connectivity index (χ2v) is 8.95. The Kier molecular flexibility index (Phi) is 6.81. The Morgan fingerprint density at radius 1 is 1.07 bits per heavy atom. The standard InChI is InChI=1S/C24H33FN2O2/c1-18-9-10-23(20(15-18)24(2,3)4)29-17-19(28)16-26-11-13-27(14-12-26)22-8-6-5-7-21(22)25/h5-10,15,19,28H,11-14,16-17H2,1-4H3. The highest BCUT2D eigenvalue weighted by Crippen LogP contribution is 2.32. The molecule has 0 bridgehead atoms. The number of hydrogen-bond acceptors (Lipinski definition) is 4. The molecule has 0 amide bonds. The number of benzene rings is 2. The predicted octanol–water partition coefficient (Wildman–Crippen LogP) is 3.99. The summed E-state index contributed by atoms with van der Waals surface area (Å²) in [7, 11) is 0. The van der Waals surface area contributed by atoms with Gasteiger partial charge in [-0.2, -0.15) is 0 Å². The van der Waals surface area contributed by atoms with Crippen LogP contribution in [0.2, 0.25) is 0 Å². The van der Waals surface area contributed by atoms with E-state index in [9.17, 15) is 9.50 Å². The van der Waals surface area contributed by atoms with Crippen LogP contribution in [0.15, 0.2) is 42.5 Å². The molecule has 1 N–H and O–H groups in total. The summed E-state index contributed by atoms with van der Waals surface area (Å²) in [5.74, 6) is 0.661. The maximum atomic E-state index is 14.0. The van der Waals surface area contributed by atoms with Gasteiger partial charge in [-0.3, -0.25) is 4.90 Å². The fourth-order valence-electron chi connectivity index (χ4n) is 3.77. The van der Waals surface area contributed by atoms with Crippen LogP contribution < -0.4 is 9.64 Å². The van der Waals surface area contributed by atoms with Crippen LogP contribution in [0.1, 0.15) is 31.9 Å². The van der Waals surface area contributed by atoms with Crippen molar-refractivity contribution in [3.63, 3.8) is 0 Å². The van der Waals surface area contributed by atoms with E-state index in [1.807, 2.05) is 24.3 Å². The van der Waals surface area contributed by atoms with Crippen LogP contribution in [0.25, 0.3) is 0 Å². The number of anilines is 1. The fourth-order valence-corrected chi connectivity index (χ4v) is 3.77. The molecule has 3 rings (SSSR count). The van der Waals surface area contributed by atoms with Crippen molar-refractivity contribution in [1.29, 1.82) is 0 Å². The van der Waals surface area contributed by atoms with E-state index >= 15 is 0 Å². The molecule has 1 atom stereocenters. The van der Waals surface area contributed by atoms with Crippen LogP contribution in [-0.4, -0.2) is 55.4 Å². The fraction of sp³-hybridized carbons (Fsp3) is 0.500. The van der Waals surface area contributed by atoms with Gasteiger partial charge in [0.1, 0.15) is 24.3 Å². The van der Waals surface area contributed by atoms with Crippen LogP contribution >= 0.6 is 0 Å². The maximum Gasteiger partial charge on any atom is 0.146 e. The van der Waals surface area contributed by atoms with E-state index in [2.05, 4.69) is 43.6 Å². The van der Waals surface area contributed by atoms with Crippen LogP contribution in [0.3, 0.4) is 0 Å². The average molecular weight is 401 g/mol. The number of hydrogen-bond donors (Lipinski definition) is 1. The monoisotopic (exact) mass is 400 g/mol. The highest BCUT2D eigenvalue weighted by molar-refractivity contribution is 5.48. The van der Waals surface area contributed by atoms with Crippen LogP contribution in [0, 0.1) is 12.7 Å². The van der Waals surface area contributed by atoms with Crippen molar-refractivity contribution in [2.45, 2.75) is 39.2 Å². The molecular weight excluding hydrogens is 367 g/mol. The summed E-state index contributed by atoms with van der Waals surface area (Å²) in [5, 5.41) is 10.5. The van der Waals surface area contributed by atoms with E-state index in [1.165, 1.54) is 11.6 Å². The number of rotatable bonds is 6. The minimum absolute atomic E-state index is 0.0185. The average Bonchev–Trinajstić information content (AvgIpc) is 2.67.